The van der Waals surface area contributed by atoms with Crippen LogP contribution in [-0.2, 0) is 0 Å². The minimum atomic E-state index is 0.669. The number of hydrogen-bond donors (Lipinski definition) is 1. The summed E-state index contributed by atoms with van der Waals surface area (Å²) in [5.41, 5.74) is 0. The molecule has 0 unspecified atom stereocenters. The third-order valence-corrected chi connectivity index (χ3v) is 4.28. The molecule has 1 saturated heterocycles. The molecule has 0 bridgehead atoms. The molecule has 0 amide bonds. The first-order valence-corrected chi connectivity index (χ1v) is 7.19. The van der Waals surface area contributed by atoms with Crippen LogP contribution < -0.4 is 5.01 Å². The van der Waals surface area contributed by atoms with Crippen molar-refractivity contribution in [3.63, 3.8) is 0 Å². The number of nitrogens with zero attached hydrogens (tertiary/aromatic N) is 4. The van der Waals surface area contributed by atoms with Crippen LogP contribution in [0.1, 0.15) is 0 Å². The summed E-state index contributed by atoms with van der Waals surface area (Å²) < 4.78 is 2.71. The molecular formula is C11H15N5S2. The summed E-state index contributed by atoms with van der Waals surface area (Å²) >= 11 is 7.03. The molecule has 2 aromatic heterocycles. The Bertz CT molecular complexity index is 563. The standard InChI is InChI=1S/C11H15N5S2/c1-14-4-6-15(7-5-14)16-10(12-13-11(16)17)9-3-2-8-18-9/h2-3,8H,4-7H2,1H3,(H,13,17). The number of piperazine rings is 1. The normalized spacial score (nSPS) is 17.3. The summed E-state index contributed by atoms with van der Waals surface area (Å²) in [6, 6.07) is 4.11. The largest absolute Gasteiger partial charge is 0.306 e. The van der Waals surface area contributed by atoms with E-state index in [-0.39, 0.29) is 0 Å². The van der Waals surface area contributed by atoms with E-state index >= 15 is 0 Å². The van der Waals surface area contributed by atoms with Crippen LogP contribution in [0.4, 0.5) is 0 Å². The highest BCUT2D eigenvalue weighted by atomic mass is 32.1. The van der Waals surface area contributed by atoms with E-state index in [1.54, 1.807) is 11.3 Å². The van der Waals surface area contributed by atoms with E-state index in [1.807, 2.05) is 10.7 Å². The Balaban J connectivity index is 1.96. The molecule has 0 spiro atoms. The van der Waals surface area contributed by atoms with Gasteiger partial charge in [0.05, 0.1) is 4.88 Å². The summed E-state index contributed by atoms with van der Waals surface area (Å²) in [6.07, 6.45) is 0. The van der Waals surface area contributed by atoms with Crippen LogP contribution in [0.15, 0.2) is 17.5 Å². The van der Waals surface area contributed by atoms with E-state index in [0.29, 0.717) is 4.77 Å². The fourth-order valence-corrected chi connectivity index (χ4v) is 3.06. The predicted molar refractivity (Wildman–Crippen MR) is 76.2 cm³/mol. The number of aromatic nitrogens is 3. The van der Waals surface area contributed by atoms with E-state index in [1.165, 1.54) is 0 Å². The van der Waals surface area contributed by atoms with Crippen LogP contribution in [0.2, 0.25) is 0 Å². The van der Waals surface area contributed by atoms with E-state index in [0.717, 1.165) is 36.9 Å². The molecule has 0 radical (unpaired) electrons. The Morgan fingerprint density at radius 1 is 1.33 bits per heavy atom. The van der Waals surface area contributed by atoms with Crippen molar-refractivity contribution < 1.29 is 0 Å². The van der Waals surface area contributed by atoms with Gasteiger partial charge in [-0.3, -0.25) is 0 Å². The topological polar surface area (TPSA) is 40.1 Å². The second-order valence-electron chi connectivity index (χ2n) is 4.40. The second-order valence-corrected chi connectivity index (χ2v) is 5.73. The lowest BCUT2D eigenvalue weighted by atomic mass is 10.4. The van der Waals surface area contributed by atoms with Crippen LogP contribution in [0.3, 0.4) is 0 Å². The van der Waals surface area contributed by atoms with Crippen molar-refractivity contribution >= 4 is 23.6 Å². The maximum absolute atomic E-state index is 5.35. The van der Waals surface area contributed by atoms with Crippen LogP contribution in [-0.4, -0.2) is 53.0 Å². The van der Waals surface area contributed by atoms with E-state index < -0.39 is 0 Å². The summed E-state index contributed by atoms with van der Waals surface area (Å²) in [5.74, 6) is 0.916. The van der Waals surface area contributed by atoms with Crippen molar-refractivity contribution in [2.75, 3.05) is 38.2 Å². The van der Waals surface area contributed by atoms with Crippen LogP contribution in [0.5, 0.6) is 0 Å². The molecule has 1 aliphatic rings. The molecule has 1 N–H and O–H groups in total. The molecule has 2 aromatic rings. The molecule has 5 nitrogen and oxygen atoms in total. The Morgan fingerprint density at radius 2 is 2.11 bits per heavy atom. The Morgan fingerprint density at radius 3 is 2.78 bits per heavy atom. The molecular weight excluding hydrogens is 266 g/mol. The molecule has 18 heavy (non-hydrogen) atoms. The molecule has 0 aromatic carbocycles. The molecule has 1 fully saturated rings. The summed E-state index contributed by atoms with van der Waals surface area (Å²) in [6.45, 7) is 4.05. The van der Waals surface area contributed by atoms with E-state index in [9.17, 15) is 0 Å². The average molecular weight is 281 g/mol. The van der Waals surface area contributed by atoms with Gasteiger partial charge < -0.3 is 9.91 Å². The summed E-state index contributed by atoms with van der Waals surface area (Å²) in [7, 11) is 2.15. The predicted octanol–water partition coefficient (Wildman–Crippen LogP) is 1.55. The van der Waals surface area contributed by atoms with Gasteiger partial charge in [0.15, 0.2) is 5.82 Å². The fourth-order valence-electron chi connectivity index (χ4n) is 2.12. The zero-order valence-corrected chi connectivity index (χ0v) is 11.8. The SMILES string of the molecule is CN1CCN(n2c(-c3cccs3)n[nH]c2=S)CC1. The van der Waals surface area contributed by atoms with Crippen LogP contribution in [0.25, 0.3) is 10.7 Å². The van der Waals surface area contributed by atoms with E-state index in [2.05, 4.69) is 38.6 Å². The first kappa shape index (κ1) is 11.9. The Labute approximate surface area is 115 Å². The highest BCUT2D eigenvalue weighted by molar-refractivity contribution is 7.71. The number of thiophene rings is 1. The van der Waals surface area contributed by atoms with Crippen molar-refractivity contribution in [1.82, 2.24) is 19.8 Å². The number of hydrogen-bond acceptors (Lipinski definition) is 5. The summed E-state index contributed by atoms with van der Waals surface area (Å²) in [5, 5.41) is 11.6. The molecule has 1 aliphatic heterocycles. The highest BCUT2D eigenvalue weighted by Crippen LogP contribution is 2.23. The summed E-state index contributed by atoms with van der Waals surface area (Å²) in [4.78, 5) is 3.46. The maximum atomic E-state index is 5.35. The molecule has 0 aliphatic carbocycles. The molecule has 0 atom stereocenters. The average Bonchev–Trinajstić information content (AvgIpc) is 2.99. The van der Waals surface area contributed by atoms with Gasteiger partial charge in [0, 0.05) is 26.2 Å². The first-order chi connectivity index (χ1) is 8.75. The van der Waals surface area contributed by atoms with Crippen molar-refractivity contribution in [2.24, 2.45) is 0 Å². The minimum Gasteiger partial charge on any atom is -0.306 e. The number of rotatable bonds is 2. The van der Waals surface area contributed by atoms with Crippen molar-refractivity contribution in [1.29, 1.82) is 0 Å². The smallest absolute Gasteiger partial charge is 0.214 e. The zero-order chi connectivity index (χ0) is 12.5. The Hall–Kier alpha value is -1.18. The highest BCUT2D eigenvalue weighted by Gasteiger charge is 2.19. The number of H-pyrrole nitrogens is 1. The van der Waals surface area contributed by atoms with Gasteiger partial charge in [-0.1, -0.05) is 6.07 Å². The van der Waals surface area contributed by atoms with Gasteiger partial charge >= 0.3 is 0 Å². The third kappa shape index (κ3) is 2.09. The van der Waals surface area contributed by atoms with Crippen molar-refractivity contribution in [3.05, 3.63) is 22.3 Å². The van der Waals surface area contributed by atoms with Gasteiger partial charge in [0.2, 0.25) is 4.77 Å². The number of aromatic amines is 1. The first-order valence-electron chi connectivity index (χ1n) is 5.91. The van der Waals surface area contributed by atoms with Gasteiger partial charge in [-0.2, -0.15) is 5.10 Å². The van der Waals surface area contributed by atoms with Gasteiger partial charge in [0.1, 0.15) is 0 Å². The van der Waals surface area contributed by atoms with Gasteiger partial charge in [-0.25, -0.2) is 9.77 Å². The number of nitrogens with one attached hydrogen (secondary N) is 1. The lowest BCUT2D eigenvalue weighted by Crippen LogP contribution is -2.50. The van der Waals surface area contributed by atoms with Gasteiger partial charge in [-0.15, -0.1) is 11.3 Å². The van der Waals surface area contributed by atoms with Crippen molar-refractivity contribution in [3.8, 4) is 10.7 Å². The fraction of sp³-hybridized carbons (Fsp3) is 0.455. The lowest BCUT2D eigenvalue weighted by Gasteiger charge is -2.34. The van der Waals surface area contributed by atoms with Gasteiger partial charge in [-0.05, 0) is 30.7 Å². The van der Waals surface area contributed by atoms with Crippen LogP contribution >= 0.6 is 23.6 Å². The monoisotopic (exact) mass is 281 g/mol. The second kappa shape index (κ2) is 4.83. The van der Waals surface area contributed by atoms with Crippen LogP contribution in [0, 0.1) is 4.77 Å². The molecule has 3 rings (SSSR count). The maximum Gasteiger partial charge on any atom is 0.214 e. The quantitative estimate of drug-likeness (QED) is 0.848. The molecule has 3 heterocycles. The zero-order valence-electron chi connectivity index (χ0n) is 10.2. The lowest BCUT2D eigenvalue weighted by molar-refractivity contribution is 0.287. The molecule has 7 heteroatoms. The molecule has 96 valence electrons. The third-order valence-electron chi connectivity index (χ3n) is 3.15. The minimum absolute atomic E-state index is 0.669. The van der Waals surface area contributed by atoms with E-state index in [4.69, 9.17) is 12.2 Å². The Kier molecular flexibility index (Phi) is 3.19. The number of likely N-dealkylation sites (N-methyl/N-ethyl adjacent to an activating group) is 1. The molecule has 0 saturated carbocycles. The van der Waals surface area contributed by atoms with Crippen molar-refractivity contribution in [2.45, 2.75) is 0 Å². The van der Waals surface area contributed by atoms with Gasteiger partial charge in [0.25, 0.3) is 0 Å².